The summed E-state index contributed by atoms with van der Waals surface area (Å²) in [4.78, 5) is 11.8. The van der Waals surface area contributed by atoms with Crippen LogP contribution in [0, 0.1) is 12.8 Å². The Kier molecular flexibility index (Phi) is 4.96. The minimum absolute atomic E-state index is 0.0284. The lowest BCUT2D eigenvalue weighted by atomic mass is 10.1. The number of anilines is 1. The first kappa shape index (κ1) is 13.2. The Balaban J connectivity index is 2.72. The number of benzene rings is 1. The van der Waals surface area contributed by atoms with Crippen LogP contribution in [0.1, 0.15) is 12.5 Å². The molecule has 0 aliphatic carbocycles. The summed E-state index contributed by atoms with van der Waals surface area (Å²) in [5, 5.41) is 5.90. The van der Waals surface area contributed by atoms with Crippen LogP contribution in [0.25, 0.3) is 0 Å². The molecule has 0 aliphatic heterocycles. The summed E-state index contributed by atoms with van der Waals surface area (Å²) in [7, 11) is 1.84. The monoisotopic (exact) mass is 284 g/mol. The van der Waals surface area contributed by atoms with E-state index in [9.17, 15) is 4.79 Å². The number of carbonyl (C=O) groups excluding carboxylic acids is 1. The molecule has 1 aromatic rings. The van der Waals surface area contributed by atoms with E-state index in [1.807, 2.05) is 39.1 Å². The lowest BCUT2D eigenvalue weighted by Gasteiger charge is -2.13. The lowest BCUT2D eigenvalue weighted by Crippen LogP contribution is -2.28. The molecule has 0 bridgehead atoms. The standard InChI is InChI=1S/C12H17BrN2O/c1-8-4-5-10(13)11(6-8)15-12(16)9(2)7-14-3/h4-6,9,14H,7H2,1-3H3,(H,15,16). The molecule has 3 nitrogen and oxygen atoms in total. The molecule has 0 aromatic heterocycles. The maximum absolute atomic E-state index is 11.8. The number of amides is 1. The summed E-state index contributed by atoms with van der Waals surface area (Å²) in [5.74, 6) is -0.0157. The second-order valence-electron chi connectivity index (χ2n) is 3.93. The van der Waals surface area contributed by atoms with E-state index in [4.69, 9.17) is 0 Å². The van der Waals surface area contributed by atoms with Crippen molar-refractivity contribution in [2.45, 2.75) is 13.8 Å². The second-order valence-corrected chi connectivity index (χ2v) is 4.79. The van der Waals surface area contributed by atoms with Gasteiger partial charge in [0.15, 0.2) is 0 Å². The van der Waals surface area contributed by atoms with Crippen molar-refractivity contribution in [3.63, 3.8) is 0 Å². The third kappa shape index (κ3) is 3.61. The second kappa shape index (κ2) is 6.01. The largest absolute Gasteiger partial charge is 0.325 e. The molecule has 0 heterocycles. The Morgan fingerprint density at radius 3 is 2.81 bits per heavy atom. The van der Waals surface area contributed by atoms with Gasteiger partial charge in [-0.25, -0.2) is 0 Å². The van der Waals surface area contributed by atoms with E-state index >= 15 is 0 Å². The summed E-state index contributed by atoms with van der Waals surface area (Å²) in [6.45, 7) is 4.57. The molecule has 88 valence electrons. The van der Waals surface area contributed by atoms with E-state index in [1.54, 1.807) is 0 Å². The van der Waals surface area contributed by atoms with Crippen LogP contribution in [0.15, 0.2) is 22.7 Å². The molecular weight excluding hydrogens is 268 g/mol. The van der Waals surface area contributed by atoms with Gasteiger partial charge in [-0.05, 0) is 47.6 Å². The normalized spacial score (nSPS) is 12.2. The molecule has 0 spiro atoms. The molecule has 1 amide bonds. The molecule has 0 saturated carbocycles. The van der Waals surface area contributed by atoms with Crippen molar-refractivity contribution >= 4 is 27.5 Å². The molecule has 4 heteroatoms. The Hall–Kier alpha value is -0.870. The van der Waals surface area contributed by atoms with Crippen molar-refractivity contribution in [2.75, 3.05) is 18.9 Å². The van der Waals surface area contributed by atoms with Crippen molar-refractivity contribution < 1.29 is 4.79 Å². The van der Waals surface area contributed by atoms with Crippen LogP contribution in [0.5, 0.6) is 0 Å². The quantitative estimate of drug-likeness (QED) is 0.892. The molecule has 0 radical (unpaired) electrons. The van der Waals surface area contributed by atoms with Gasteiger partial charge >= 0.3 is 0 Å². The first-order valence-electron chi connectivity index (χ1n) is 5.26. The molecule has 0 saturated heterocycles. The summed E-state index contributed by atoms with van der Waals surface area (Å²) in [5.41, 5.74) is 1.95. The zero-order chi connectivity index (χ0) is 12.1. The van der Waals surface area contributed by atoms with Gasteiger partial charge in [-0.3, -0.25) is 4.79 Å². The molecule has 1 aromatic carbocycles. The smallest absolute Gasteiger partial charge is 0.228 e. The van der Waals surface area contributed by atoms with Crippen molar-refractivity contribution in [3.8, 4) is 0 Å². The van der Waals surface area contributed by atoms with Gasteiger partial charge in [0.2, 0.25) is 5.91 Å². The van der Waals surface area contributed by atoms with Crippen LogP contribution in [0.3, 0.4) is 0 Å². The van der Waals surface area contributed by atoms with E-state index in [2.05, 4.69) is 26.6 Å². The highest BCUT2D eigenvalue weighted by Crippen LogP contribution is 2.23. The first-order chi connectivity index (χ1) is 7.54. The highest BCUT2D eigenvalue weighted by molar-refractivity contribution is 9.10. The molecule has 1 unspecified atom stereocenters. The van der Waals surface area contributed by atoms with E-state index in [1.165, 1.54) is 0 Å². The van der Waals surface area contributed by atoms with E-state index in [0.29, 0.717) is 6.54 Å². The summed E-state index contributed by atoms with van der Waals surface area (Å²) in [6, 6.07) is 5.89. The molecule has 1 rings (SSSR count). The Morgan fingerprint density at radius 1 is 1.50 bits per heavy atom. The molecular formula is C12H17BrN2O. The van der Waals surface area contributed by atoms with E-state index < -0.39 is 0 Å². The average Bonchev–Trinajstić information content (AvgIpc) is 2.23. The highest BCUT2D eigenvalue weighted by Gasteiger charge is 2.13. The highest BCUT2D eigenvalue weighted by atomic mass is 79.9. The summed E-state index contributed by atoms with van der Waals surface area (Å²) < 4.78 is 0.906. The zero-order valence-electron chi connectivity index (χ0n) is 9.80. The van der Waals surface area contributed by atoms with Crippen molar-refractivity contribution in [1.82, 2.24) is 5.32 Å². The predicted molar refractivity (Wildman–Crippen MR) is 70.6 cm³/mol. The fourth-order valence-electron chi connectivity index (χ4n) is 1.39. The van der Waals surface area contributed by atoms with Crippen LogP contribution in [0.4, 0.5) is 5.69 Å². The summed E-state index contributed by atoms with van der Waals surface area (Å²) in [6.07, 6.45) is 0. The van der Waals surface area contributed by atoms with Crippen LogP contribution in [-0.2, 0) is 4.79 Å². The maximum atomic E-state index is 11.8. The number of halogens is 1. The SMILES string of the molecule is CNCC(C)C(=O)Nc1cc(C)ccc1Br. The number of hydrogen-bond acceptors (Lipinski definition) is 2. The van der Waals surface area contributed by atoms with Gasteiger partial charge in [-0.2, -0.15) is 0 Å². The van der Waals surface area contributed by atoms with Crippen molar-refractivity contribution in [2.24, 2.45) is 5.92 Å². The van der Waals surface area contributed by atoms with Crippen LogP contribution in [-0.4, -0.2) is 19.5 Å². The van der Waals surface area contributed by atoms with Crippen molar-refractivity contribution in [3.05, 3.63) is 28.2 Å². The number of hydrogen-bond donors (Lipinski definition) is 2. The predicted octanol–water partition coefficient (Wildman–Crippen LogP) is 2.55. The molecule has 0 aliphatic rings. The lowest BCUT2D eigenvalue weighted by molar-refractivity contribution is -0.119. The maximum Gasteiger partial charge on any atom is 0.228 e. The van der Waals surface area contributed by atoms with Gasteiger partial charge in [-0.15, -0.1) is 0 Å². The fraction of sp³-hybridized carbons (Fsp3) is 0.417. The zero-order valence-corrected chi connectivity index (χ0v) is 11.4. The van der Waals surface area contributed by atoms with Gasteiger partial charge in [0, 0.05) is 16.9 Å². The van der Waals surface area contributed by atoms with Crippen LogP contribution >= 0.6 is 15.9 Å². The number of rotatable bonds is 4. The third-order valence-corrected chi connectivity index (χ3v) is 3.03. The van der Waals surface area contributed by atoms with Crippen molar-refractivity contribution in [1.29, 1.82) is 0 Å². The Morgan fingerprint density at radius 2 is 2.19 bits per heavy atom. The minimum atomic E-state index is -0.0441. The molecule has 2 N–H and O–H groups in total. The Labute approximate surface area is 105 Å². The summed E-state index contributed by atoms with van der Waals surface area (Å²) >= 11 is 3.42. The number of nitrogens with one attached hydrogen (secondary N) is 2. The van der Waals surface area contributed by atoms with Gasteiger partial charge in [-0.1, -0.05) is 13.0 Å². The third-order valence-electron chi connectivity index (χ3n) is 2.34. The van der Waals surface area contributed by atoms with Gasteiger partial charge < -0.3 is 10.6 Å². The van der Waals surface area contributed by atoms with Gasteiger partial charge in [0.05, 0.1) is 5.69 Å². The van der Waals surface area contributed by atoms with Gasteiger partial charge in [0.25, 0.3) is 0 Å². The Bertz CT molecular complexity index is 379. The van der Waals surface area contributed by atoms with E-state index in [0.717, 1.165) is 15.7 Å². The molecule has 1 atom stereocenters. The first-order valence-corrected chi connectivity index (χ1v) is 6.05. The van der Waals surface area contributed by atoms with Gasteiger partial charge in [0.1, 0.15) is 0 Å². The van der Waals surface area contributed by atoms with E-state index in [-0.39, 0.29) is 11.8 Å². The average molecular weight is 285 g/mol. The van der Waals surface area contributed by atoms with Crippen LogP contribution < -0.4 is 10.6 Å². The number of carbonyl (C=O) groups is 1. The molecule has 0 fully saturated rings. The topological polar surface area (TPSA) is 41.1 Å². The minimum Gasteiger partial charge on any atom is -0.325 e. The molecule has 16 heavy (non-hydrogen) atoms. The number of aryl methyl sites for hydroxylation is 1. The van der Waals surface area contributed by atoms with Crippen LogP contribution in [0.2, 0.25) is 0 Å². The fourth-order valence-corrected chi connectivity index (χ4v) is 1.74.